The van der Waals surface area contributed by atoms with Gasteiger partial charge in [0.25, 0.3) is 5.91 Å². The van der Waals surface area contributed by atoms with Crippen LogP contribution in [0.15, 0.2) is 54.9 Å². The lowest BCUT2D eigenvalue weighted by Crippen LogP contribution is -2.14. The summed E-state index contributed by atoms with van der Waals surface area (Å²) >= 11 is 6.29. The predicted molar refractivity (Wildman–Crippen MR) is 114 cm³/mol. The number of carbonyl (C=O) groups excluding carboxylic acids is 1. The Morgan fingerprint density at radius 3 is 2.50 bits per heavy atom. The van der Waals surface area contributed by atoms with Crippen molar-refractivity contribution >= 4 is 34.6 Å². The predicted octanol–water partition coefficient (Wildman–Crippen LogP) is 5.75. The van der Waals surface area contributed by atoms with E-state index in [2.05, 4.69) is 15.6 Å². The van der Waals surface area contributed by atoms with Gasteiger partial charge in [-0.05, 0) is 68.3 Å². The molecule has 0 aliphatic carbocycles. The fourth-order valence-electron chi connectivity index (χ4n) is 2.86. The van der Waals surface area contributed by atoms with E-state index >= 15 is 0 Å². The van der Waals surface area contributed by atoms with Crippen molar-refractivity contribution in [3.63, 3.8) is 0 Å². The molecule has 3 rings (SSSR count). The number of rotatable bonds is 6. The van der Waals surface area contributed by atoms with Crippen molar-refractivity contribution in [2.75, 3.05) is 17.2 Å². The fraction of sp³-hybridized carbons (Fsp3) is 0.182. The van der Waals surface area contributed by atoms with Gasteiger partial charge in [0.1, 0.15) is 5.75 Å². The number of pyridine rings is 1. The van der Waals surface area contributed by atoms with Gasteiger partial charge in [0.2, 0.25) is 0 Å². The van der Waals surface area contributed by atoms with E-state index in [9.17, 15) is 4.79 Å². The third kappa shape index (κ3) is 4.81. The molecule has 0 bridgehead atoms. The van der Waals surface area contributed by atoms with Gasteiger partial charge in [0.15, 0.2) is 0 Å². The molecule has 0 fully saturated rings. The zero-order valence-corrected chi connectivity index (χ0v) is 16.8. The highest BCUT2D eigenvalue weighted by atomic mass is 35.5. The van der Waals surface area contributed by atoms with Gasteiger partial charge in [-0.1, -0.05) is 17.7 Å². The van der Waals surface area contributed by atoms with Gasteiger partial charge in [-0.15, -0.1) is 0 Å². The molecule has 2 N–H and O–H groups in total. The van der Waals surface area contributed by atoms with Crippen molar-refractivity contribution in [2.45, 2.75) is 20.8 Å². The monoisotopic (exact) mass is 395 g/mol. The average molecular weight is 396 g/mol. The van der Waals surface area contributed by atoms with Gasteiger partial charge in [-0.3, -0.25) is 9.78 Å². The Morgan fingerprint density at radius 2 is 1.82 bits per heavy atom. The molecule has 0 saturated heterocycles. The first-order valence-electron chi connectivity index (χ1n) is 8.99. The lowest BCUT2D eigenvalue weighted by molar-refractivity contribution is 0.102. The lowest BCUT2D eigenvalue weighted by atomic mass is 10.1. The molecule has 5 nitrogen and oxygen atoms in total. The number of nitrogens with zero attached hydrogens (tertiary/aromatic N) is 1. The largest absolute Gasteiger partial charge is 0.494 e. The highest BCUT2D eigenvalue weighted by Crippen LogP contribution is 2.28. The van der Waals surface area contributed by atoms with Crippen molar-refractivity contribution in [2.24, 2.45) is 0 Å². The van der Waals surface area contributed by atoms with E-state index in [1.807, 2.05) is 57.2 Å². The molecule has 0 radical (unpaired) electrons. The van der Waals surface area contributed by atoms with Crippen LogP contribution in [0.25, 0.3) is 0 Å². The van der Waals surface area contributed by atoms with Crippen LogP contribution in [0.2, 0.25) is 5.02 Å². The molecule has 144 valence electrons. The van der Waals surface area contributed by atoms with Crippen LogP contribution >= 0.6 is 11.6 Å². The minimum absolute atomic E-state index is 0.267. The lowest BCUT2D eigenvalue weighted by Gasteiger charge is -2.12. The number of amides is 1. The van der Waals surface area contributed by atoms with E-state index < -0.39 is 0 Å². The summed E-state index contributed by atoms with van der Waals surface area (Å²) in [6, 6.07) is 13.1. The first-order valence-corrected chi connectivity index (χ1v) is 9.37. The second-order valence-corrected chi connectivity index (χ2v) is 6.84. The van der Waals surface area contributed by atoms with Crippen molar-refractivity contribution in [3.05, 3.63) is 76.6 Å². The Labute approximate surface area is 169 Å². The summed E-state index contributed by atoms with van der Waals surface area (Å²) in [5.74, 6) is 0.543. The van der Waals surface area contributed by atoms with E-state index in [1.54, 1.807) is 12.3 Å². The Hall–Kier alpha value is -3.05. The molecule has 28 heavy (non-hydrogen) atoms. The molecular formula is C22H22ClN3O2. The Bertz CT molecular complexity index is 964. The third-order valence-corrected chi connectivity index (χ3v) is 4.42. The fourth-order valence-corrected chi connectivity index (χ4v) is 3.23. The summed E-state index contributed by atoms with van der Waals surface area (Å²) in [5, 5.41) is 6.63. The molecule has 6 heteroatoms. The Morgan fingerprint density at radius 1 is 1.07 bits per heavy atom. The number of hydrogen-bond acceptors (Lipinski definition) is 4. The molecule has 1 amide bonds. The highest BCUT2D eigenvalue weighted by molar-refractivity contribution is 6.34. The summed E-state index contributed by atoms with van der Waals surface area (Å²) in [7, 11) is 0. The van der Waals surface area contributed by atoms with Crippen molar-refractivity contribution in [1.29, 1.82) is 0 Å². The number of aromatic nitrogens is 1. The van der Waals surface area contributed by atoms with Crippen LogP contribution in [-0.4, -0.2) is 17.5 Å². The first kappa shape index (κ1) is 19.7. The minimum atomic E-state index is -0.267. The quantitative estimate of drug-likeness (QED) is 0.558. The maximum absolute atomic E-state index is 12.7. The van der Waals surface area contributed by atoms with E-state index in [1.165, 1.54) is 6.20 Å². The number of benzene rings is 2. The molecule has 0 aliphatic heterocycles. The van der Waals surface area contributed by atoms with Gasteiger partial charge in [-0.25, -0.2) is 0 Å². The zero-order valence-electron chi connectivity index (χ0n) is 16.0. The highest BCUT2D eigenvalue weighted by Gasteiger charge is 2.12. The van der Waals surface area contributed by atoms with Crippen LogP contribution in [0.1, 0.15) is 28.4 Å². The van der Waals surface area contributed by atoms with E-state index in [0.717, 1.165) is 22.6 Å². The summed E-state index contributed by atoms with van der Waals surface area (Å²) in [5.41, 5.74) is 4.59. The minimum Gasteiger partial charge on any atom is -0.494 e. The van der Waals surface area contributed by atoms with Gasteiger partial charge < -0.3 is 15.4 Å². The van der Waals surface area contributed by atoms with Gasteiger partial charge in [0.05, 0.1) is 34.8 Å². The molecule has 1 aromatic heterocycles. The molecule has 1 heterocycles. The first-order chi connectivity index (χ1) is 13.5. The summed E-state index contributed by atoms with van der Waals surface area (Å²) in [6.45, 7) is 6.44. The number of carbonyl (C=O) groups is 1. The number of anilines is 3. The van der Waals surface area contributed by atoms with Crippen LogP contribution in [0, 0.1) is 13.8 Å². The van der Waals surface area contributed by atoms with Gasteiger partial charge in [-0.2, -0.15) is 0 Å². The van der Waals surface area contributed by atoms with E-state index in [-0.39, 0.29) is 5.91 Å². The summed E-state index contributed by atoms with van der Waals surface area (Å²) in [6.07, 6.45) is 3.19. The Kier molecular flexibility index (Phi) is 6.16. The summed E-state index contributed by atoms with van der Waals surface area (Å²) < 4.78 is 5.44. The number of nitrogens with one attached hydrogen (secondary N) is 2. The second kappa shape index (κ2) is 8.76. The van der Waals surface area contributed by atoms with Crippen molar-refractivity contribution < 1.29 is 9.53 Å². The molecule has 0 atom stereocenters. The van der Waals surface area contributed by atoms with Gasteiger partial charge in [0, 0.05) is 11.9 Å². The number of ether oxygens (including phenoxy) is 1. The zero-order chi connectivity index (χ0) is 20.1. The topological polar surface area (TPSA) is 63.2 Å². The molecule has 0 unspecified atom stereocenters. The number of aryl methyl sites for hydroxylation is 2. The van der Waals surface area contributed by atoms with Crippen LogP contribution in [0.5, 0.6) is 5.75 Å². The molecule has 0 spiro atoms. The van der Waals surface area contributed by atoms with Crippen LogP contribution in [-0.2, 0) is 0 Å². The summed E-state index contributed by atoms with van der Waals surface area (Å²) in [4.78, 5) is 16.8. The normalized spacial score (nSPS) is 10.4. The molecule has 3 aromatic rings. The smallest absolute Gasteiger partial charge is 0.257 e. The molecule has 2 aromatic carbocycles. The SMILES string of the molecule is CCOc1ccc(Nc2cncc(C(=O)Nc3c(C)cc(C)cc3Cl)c2)cc1. The number of hydrogen-bond donors (Lipinski definition) is 2. The van der Waals surface area contributed by atoms with E-state index in [4.69, 9.17) is 16.3 Å². The van der Waals surface area contributed by atoms with Crippen LogP contribution in [0.4, 0.5) is 17.1 Å². The standard InChI is InChI=1S/C22H22ClN3O2/c1-4-28-19-7-5-17(6-8-19)25-18-11-16(12-24-13-18)22(27)26-21-15(3)9-14(2)10-20(21)23/h5-13,25H,4H2,1-3H3,(H,26,27). The maximum atomic E-state index is 12.7. The third-order valence-electron chi connectivity index (χ3n) is 4.12. The number of halogens is 1. The Balaban J connectivity index is 1.74. The van der Waals surface area contributed by atoms with Crippen LogP contribution in [0.3, 0.4) is 0 Å². The van der Waals surface area contributed by atoms with Crippen molar-refractivity contribution in [3.8, 4) is 5.75 Å². The second-order valence-electron chi connectivity index (χ2n) is 6.44. The average Bonchev–Trinajstić information content (AvgIpc) is 2.66. The van der Waals surface area contributed by atoms with Crippen molar-refractivity contribution in [1.82, 2.24) is 4.98 Å². The van der Waals surface area contributed by atoms with Gasteiger partial charge >= 0.3 is 0 Å². The molecule has 0 aliphatic rings. The maximum Gasteiger partial charge on any atom is 0.257 e. The van der Waals surface area contributed by atoms with E-state index in [0.29, 0.717) is 28.6 Å². The van der Waals surface area contributed by atoms with Crippen LogP contribution < -0.4 is 15.4 Å². The molecule has 0 saturated carbocycles. The molecular weight excluding hydrogens is 374 g/mol.